The molecule has 0 bridgehead atoms. The topological polar surface area (TPSA) is 67.8 Å². The Hall–Kier alpha value is -2.83. The number of nitrogens with zero attached hydrogens (tertiary/aromatic N) is 4. The van der Waals surface area contributed by atoms with E-state index in [1.807, 2.05) is 48.2 Å². The number of benzene rings is 1. The maximum absolute atomic E-state index is 12.9. The van der Waals surface area contributed by atoms with Crippen LogP contribution in [0.15, 0.2) is 42.6 Å². The predicted octanol–water partition coefficient (Wildman–Crippen LogP) is 1.35. The van der Waals surface area contributed by atoms with Crippen molar-refractivity contribution < 1.29 is 14.3 Å². The van der Waals surface area contributed by atoms with Gasteiger partial charge >= 0.3 is 0 Å². The number of ether oxygens (including phenoxy) is 2. The van der Waals surface area contributed by atoms with Gasteiger partial charge in [-0.3, -0.25) is 4.79 Å². The number of para-hydroxylation sites is 2. The van der Waals surface area contributed by atoms with Crippen LogP contribution in [0, 0.1) is 0 Å². The minimum Gasteiger partial charge on any atom is -0.482 e. The SMILES string of the molecule is CC1Oc2ccccc2OC1C(=O)N1CCN(c2cccnn2)CC1. The molecule has 1 fully saturated rings. The zero-order valence-electron chi connectivity index (χ0n) is 14.0. The van der Waals surface area contributed by atoms with Crippen molar-refractivity contribution in [2.24, 2.45) is 0 Å². The Morgan fingerprint density at radius 2 is 1.76 bits per heavy atom. The lowest BCUT2D eigenvalue weighted by atomic mass is 10.1. The van der Waals surface area contributed by atoms with Gasteiger partial charge in [-0.25, -0.2) is 0 Å². The second kappa shape index (κ2) is 6.58. The quantitative estimate of drug-likeness (QED) is 0.822. The summed E-state index contributed by atoms with van der Waals surface area (Å²) in [7, 11) is 0. The van der Waals surface area contributed by atoms with Crippen LogP contribution in [-0.2, 0) is 4.79 Å². The van der Waals surface area contributed by atoms with Gasteiger partial charge in [0.25, 0.3) is 5.91 Å². The van der Waals surface area contributed by atoms with Crippen LogP contribution in [0.5, 0.6) is 11.5 Å². The van der Waals surface area contributed by atoms with E-state index in [0.717, 1.165) is 18.9 Å². The molecular weight excluding hydrogens is 320 g/mol. The van der Waals surface area contributed by atoms with Gasteiger partial charge < -0.3 is 19.3 Å². The normalized spacial score (nSPS) is 22.6. The average molecular weight is 340 g/mol. The summed E-state index contributed by atoms with van der Waals surface area (Å²) in [6, 6.07) is 11.2. The van der Waals surface area contributed by atoms with Gasteiger partial charge in [0.1, 0.15) is 6.10 Å². The smallest absolute Gasteiger partial charge is 0.267 e. The van der Waals surface area contributed by atoms with Gasteiger partial charge in [0.05, 0.1) is 0 Å². The molecule has 4 rings (SSSR count). The first-order valence-electron chi connectivity index (χ1n) is 8.46. The third kappa shape index (κ3) is 3.09. The Morgan fingerprint density at radius 1 is 1.04 bits per heavy atom. The molecule has 0 radical (unpaired) electrons. The van der Waals surface area contributed by atoms with Gasteiger partial charge in [-0.2, -0.15) is 5.10 Å². The third-order valence-electron chi connectivity index (χ3n) is 4.56. The van der Waals surface area contributed by atoms with Crippen molar-refractivity contribution >= 4 is 11.7 Å². The van der Waals surface area contributed by atoms with Crippen molar-refractivity contribution in [1.82, 2.24) is 15.1 Å². The Morgan fingerprint density at radius 3 is 2.44 bits per heavy atom. The molecule has 2 aliphatic rings. The van der Waals surface area contributed by atoms with Gasteiger partial charge in [0.15, 0.2) is 17.3 Å². The average Bonchev–Trinajstić information content (AvgIpc) is 2.68. The van der Waals surface area contributed by atoms with Crippen LogP contribution in [0.25, 0.3) is 0 Å². The van der Waals surface area contributed by atoms with E-state index in [0.29, 0.717) is 24.6 Å². The highest BCUT2D eigenvalue weighted by Crippen LogP contribution is 2.34. The maximum atomic E-state index is 12.9. The van der Waals surface area contributed by atoms with Gasteiger partial charge in [-0.15, -0.1) is 5.10 Å². The molecule has 2 aliphatic heterocycles. The molecule has 2 aromatic rings. The summed E-state index contributed by atoms with van der Waals surface area (Å²) in [6.45, 7) is 4.58. The fourth-order valence-electron chi connectivity index (χ4n) is 3.19. The molecule has 0 saturated carbocycles. The third-order valence-corrected chi connectivity index (χ3v) is 4.56. The Balaban J connectivity index is 1.41. The standard InChI is InChI=1S/C18H20N4O3/c1-13-17(25-15-6-3-2-5-14(15)24-13)18(23)22-11-9-21(10-12-22)16-7-4-8-19-20-16/h2-8,13,17H,9-12H2,1H3. The molecule has 7 heteroatoms. The molecule has 2 atom stereocenters. The molecule has 0 spiro atoms. The number of fused-ring (bicyclic) bond motifs is 1. The van der Waals surface area contributed by atoms with E-state index in [-0.39, 0.29) is 12.0 Å². The predicted molar refractivity (Wildman–Crippen MR) is 91.8 cm³/mol. The first-order chi connectivity index (χ1) is 12.2. The van der Waals surface area contributed by atoms with Crippen molar-refractivity contribution in [1.29, 1.82) is 0 Å². The fraction of sp³-hybridized carbons (Fsp3) is 0.389. The van der Waals surface area contributed by atoms with Crippen LogP contribution >= 0.6 is 0 Å². The van der Waals surface area contributed by atoms with Gasteiger partial charge in [-0.05, 0) is 31.2 Å². The summed E-state index contributed by atoms with van der Waals surface area (Å²) in [5, 5.41) is 8.04. The maximum Gasteiger partial charge on any atom is 0.267 e. The van der Waals surface area contributed by atoms with Crippen LogP contribution in [-0.4, -0.2) is 59.4 Å². The van der Waals surface area contributed by atoms with Gasteiger partial charge in [-0.1, -0.05) is 12.1 Å². The Bertz CT molecular complexity index is 747. The number of amides is 1. The number of anilines is 1. The largest absolute Gasteiger partial charge is 0.482 e. The molecular formula is C18H20N4O3. The highest BCUT2D eigenvalue weighted by atomic mass is 16.6. The summed E-state index contributed by atoms with van der Waals surface area (Å²) >= 11 is 0. The van der Waals surface area contributed by atoms with E-state index in [1.54, 1.807) is 6.20 Å². The van der Waals surface area contributed by atoms with Crippen molar-refractivity contribution in [3.8, 4) is 11.5 Å². The second-order valence-corrected chi connectivity index (χ2v) is 6.20. The van der Waals surface area contributed by atoms with Crippen LogP contribution in [0.2, 0.25) is 0 Å². The number of carbonyl (C=O) groups is 1. The zero-order valence-corrected chi connectivity index (χ0v) is 14.0. The van der Waals surface area contributed by atoms with E-state index < -0.39 is 6.10 Å². The number of carbonyl (C=O) groups excluding carboxylic acids is 1. The highest BCUT2D eigenvalue weighted by molar-refractivity contribution is 5.82. The molecule has 130 valence electrons. The van der Waals surface area contributed by atoms with Gasteiger partial charge in [0.2, 0.25) is 6.10 Å². The molecule has 1 amide bonds. The minimum atomic E-state index is -0.613. The molecule has 2 unspecified atom stereocenters. The summed E-state index contributed by atoms with van der Waals surface area (Å²) in [5.74, 6) is 2.12. The summed E-state index contributed by atoms with van der Waals surface area (Å²) < 4.78 is 11.8. The first-order valence-corrected chi connectivity index (χ1v) is 8.46. The summed E-state index contributed by atoms with van der Waals surface area (Å²) in [5.41, 5.74) is 0. The van der Waals surface area contributed by atoms with E-state index in [9.17, 15) is 4.79 Å². The second-order valence-electron chi connectivity index (χ2n) is 6.20. The number of hydrogen-bond donors (Lipinski definition) is 0. The van der Waals surface area contributed by atoms with Crippen LogP contribution in [0.1, 0.15) is 6.92 Å². The molecule has 1 saturated heterocycles. The molecule has 1 aromatic heterocycles. The molecule has 3 heterocycles. The lowest BCUT2D eigenvalue weighted by Crippen LogP contribution is -2.56. The molecule has 7 nitrogen and oxygen atoms in total. The summed E-state index contributed by atoms with van der Waals surface area (Å²) in [4.78, 5) is 16.9. The van der Waals surface area contributed by atoms with E-state index in [4.69, 9.17) is 9.47 Å². The minimum absolute atomic E-state index is 0.0270. The van der Waals surface area contributed by atoms with Crippen molar-refractivity contribution in [2.45, 2.75) is 19.1 Å². The number of hydrogen-bond acceptors (Lipinski definition) is 6. The van der Waals surface area contributed by atoms with Crippen LogP contribution < -0.4 is 14.4 Å². The van der Waals surface area contributed by atoms with E-state index in [1.165, 1.54) is 0 Å². The molecule has 0 N–H and O–H groups in total. The lowest BCUT2D eigenvalue weighted by Gasteiger charge is -2.39. The number of rotatable bonds is 2. The Labute approximate surface area is 146 Å². The Kier molecular flexibility index (Phi) is 4.13. The summed E-state index contributed by atoms with van der Waals surface area (Å²) in [6.07, 6.45) is 0.724. The van der Waals surface area contributed by atoms with Crippen molar-refractivity contribution in [3.63, 3.8) is 0 Å². The highest BCUT2D eigenvalue weighted by Gasteiger charge is 2.37. The fourth-order valence-corrected chi connectivity index (χ4v) is 3.19. The van der Waals surface area contributed by atoms with Crippen LogP contribution in [0.3, 0.4) is 0 Å². The van der Waals surface area contributed by atoms with Gasteiger partial charge in [0, 0.05) is 32.4 Å². The number of piperazine rings is 1. The monoisotopic (exact) mass is 340 g/mol. The zero-order chi connectivity index (χ0) is 17.2. The van der Waals surface area contributed by atoms with E-state index >= 15 is 0 Å². The lowest BCUT2D eigenvalue weighted by molar-refractivity contribution is -0.144. The molecule has 0 aliphatic carbocycles. The van der Waals surface area contributed by atoms with Crippen molar-refractivity contribution in [2.75, 3.05) is 31.1 Å². The van der Waals surface area contributed by atoms with E-state index in [2.05, 4.69) is 15.1 Å². The first kappa shape index (κ1) is 15.7. The van der Waals surface area contributed by atoms with Crippen molar-refractivity contribution in [3.05, 3.63) is 42.6 Å². The molecule has 1 aromatic carbocycles. The van der Waals surface area contributed by atoms with Crippen LogP contribution in [0.4, 0.5) is 5.82 Å². The molecule has 25 heavy (non-hydrogen) atoms. The number of aromatic nitrogens is 2.